The van der Waals surface area contributed by atoms with E-state index in [1.807, 2.05) is 6.07 Å². The van der Waals surface area contributed by atoms with E-state index in [4.69, 9.17) is 23.4 Å². The van der Waals surface area contributed by atoms with Crippen LogP contribution in [0.15, 0.2) is 48.5 Å². The second-order valence-corrected chi connectivity index (χ2v) is 12.8. The summed E-state index contributed by atoms with van der Waals surface area (Å²) < 4.78 is 31.7. The Morgan fingerprint density at radius 1 is 0.595 bits per heavy atom. The van der Waals surface area contributed by atoms with Gasteiger partial charge < -0.3 is 23.4 Å². The summed E-state index contributed by atoms with van der Waals surface area (Å²) in [6.45, 7) is 18.9. The number of benzene rings is 3. The Labute approximate surface area is 221 Å². The summed E-state index contributed by atoms with van der Waals surface area (Å²) in [4.78, 5) is 0. The zero-order valence-corrected chi connectivity index (χ0v) is 23.4. The van der Waals surface area contributed by atoms with Gasteiger partial charge in [-0.3, -0.25) is 0 Å². The summed E-state index contributed by atoms with van der Waals surface area (Å²) in [5.41, 5.74) is 2.86. The van der Waals surface area contributed by atoms with Crippen molar-refractivity contribution < 1.29 is 23.4 Å². The third kappa shape index (κ3) is 3.77. The highest BCUT2D eigenvalue weighted by molar-refractivity contribution is 6.62. The number of rotatable bonds is 2. The van der Waals surface area contributed by atoms with Crippen LogP contribution in [0, 0.1) is 0 Å². The Balaban J connectivity index is 1.32. The molecule has 0 aromatic heterocycles. The van der Waals surface area contributed by atoms with Crippen LogP contribution in [0.25, 0.3) is 10.8 Å². The number of hydrogen-bond acceptors (Lipinski definition) is 5. The summed E-state index contributed by atoms with van der Waals surface area (Å²) in [6, 6.07) is 17.0. The zero-order chi connectivity index (χ0) is 26.5. The average Bonchev–Trinajstić information content (AvgIpc) is 3.18. The predicted molar refractivity (Wildman–Crippen MR) is 149 cm³/mol. The molecule has 192 valence electrons. The van der Waals surface area contributed by atoms with Gasteiger partial charge in [-0.05, 0) is 77.8 Å². The lowest BCUT2D eigenvalue weighted by atomic mass is 9.75. The number of hydrogen-bond donors (Lipinski definition) is 0. The monoisotopic (exact) mass is 498 g/mol. The highest BCUT2D eigenvalue weighted by Crippen LogP contribution is 2.47. The highest BCUT2D eigenvalue weighted by atomic mass is 16.7. The molecule has 0 bridgehead atoms. The molecule has 3 aromatic carbocycles. The molecule has 0 radical (unpaired) electrons. The molecular weight excluding hydrogens is 462 g/mol. The standard InChI is InChI=1S/C30H36B2O5/c1-18-22-13-10-19-16-20(31-34-27(2,3)28(4,5)35-31)11-14-23(19)26(22)33-25-15-12-21(17-24(18)25)32-36-29(6,7)30(8,9)37-32/h10-18H,1-9H3. The summed E-state index contributed by atoms with van der Waals surface area (Å²) in [6.07, 6.45) is 0. The van der Waals surface area contributed by atoms with Gasteiger partial charge in [0.1, 0.15) is 11.5 Å². The first-order chi connectivity index (χ1) is 17.2. The molecule has 3 aliphatic heterocycles. The van der Waals surface area contributed by atoms with Crippen molar-refractivity contribution in [3.8, 4) is 11.5 Å². The average molecular weight is 498 g/mol. The van der Waals surface area contributed by atoms with Crippen LogP contribution in [0.1, 0.15) is 79.4 Å². The van der Waals surface area contributed by atoms with Crippen LogP contribution < -0.4 is 15.7 Å². The largest absolute Gasteiger partial charge is 0.494 e. The van der Waals surface area contributed by atoms with Gasteiger partial charge in [0.05, 0.1) is 22.4 Å². The zero-order valence-electron chi connectivity index (χ0n) is 23.4. The van der Waals surface area contributed by atoms with Crippen LogP contribution in [0.2, 0.25) is 0 Å². The van der Waals surface area contributed by atoms with Crippen LogP contribution in [0.5, 0.6) is 11.5 Å². The van der Waals surface area contributed by atoms with Gasteiger partial charge in [0.25, 0.3) is 0 Å². The molecule has 5 nitrogen and oxygen atoms in total. The molecule has 7 heteroatoms. The molecule has 0 N–H and O–H groups in total. The molecule has 0 amide bonds. The van der Waals surface area contributed by atoms with Crippen molar-refractivity contribution in [2.45, 2.75) is 90.6 Å². The van der Waals surface area contributed by atoms with E-state index in [2.05, 4.69) is 105 Å². The van der Waals surface area contributed by atoms with Gasteiger partial charge >= 0.3 is 14.2 Å². The molecule has 3 aromatic rings. The summed E-state index contributed by atoms with van der Waals surface area (Å²) in [5, 5.41) is 2.20. The third-order valence-electron chi connectivity index (χ3n) is 9.25. The minimum absolute atomic E-state index is 0.174. The van der Waals surface area contributed by atoms with E-state index in [0.717, 1.165) is 38.8 Å². The van der Waals surface area contributed by atoms with Gasteiger partial charge in [-0.2, -0.15) is 0 Å². The lowest BCUT2D eigenvalue weighted by molar-refractivity contribution is 0.00578. The molecule has 37 heavy (non-hydrogen) atoms. The van der Waals surface area contributed by atoms with E-state index in [1.54, 1.807) is 0 Å². The van der Waals surface area contributed by atoms with E-state index in [9.17, 15) is 0 Å². The molecule has 2 saturated heterocycles. The minimum Gasteiger partial charge on any atom is -0.456 e. The molecule has 3 heterocycles. The number of ether oxygens (including phenoxy) is 1. The Hall–Kier alpha value is -2.31. The molecule has 6 rings (SSSR count). The quantitative estimate of drug-likeness (QED) is 0.425. The molecule has 3 aliphatic rings. The second-order valence-electron chi connectivity index (χ2n) is 12.8. The molecule has 0 aliphatic carbocycles. The molecule has 1 atom stereocenters. The van der Waals surface area contributed by atoms with Gasteiger partial charge in [-0.25, -0.2) is 0 Å². The number of fused-ring (bicyclic) bond motifs is 4. The van der Waals surface area contributed by atoms with Crippen LogP contribution in [0.3, 0.4) is 0 Å². The van der Waals surface area contributed by atoms with Crippen LogP contribution in [0.4, 0.5) is 0 Å². The maximum atomic E-state index is 6.55. The van der Waals surface area contributed by atoms with Crippen LogP contribution in [-0.2, 0) is 18.6 Å². The lowest BCUT2D eigenvalue weighted by Gasteiger charge is -2.32. The fourth-order valence-corrected chi connectivity index (χ4v) is 5.32. The topological polar surface area (TPSA) is 46.2 Å². The highest BCUT2D eigenvalue weighted by Gasteiger charge is 2.53. The maximum Gasteiger partial charge on any atom is 0.494 e. The predicted octanol–water partition coefficient (Wildman–Crippen LogP) is 5.70. The second kappa shape index (κ2) is 7.86. The van der Waals surface area contributed by atoms with Gasteiger partial charge in [0, 0.05) is 22.4 Å². The van der Waals surface area contributed by atoms with Crippen molar-refractivity contribution in [3.05, 3.63) is 59.7 Å². The van der Waals surface area contributed by atoms with Crippen LogP contribution >= 0.6 is 0 Å². The fourth-order valence-electron chi connectivity index (χ4n) is 5.32. The summed E-state index contributed by atoms with van der Waals surface area (Å²) in [7, 11) is -0.784. The van der Waals surface area contributed by atoms with E-state index in [1.165, 1.54) is 5.56 Å². The Morgan fingerprint density at radius 3 is 1.68 bits per heavy atom. The van der Waals surface area contributed by atoms with Crippen molar-refractivity contribution in [1.29, 1.82) is 0 Å². The maximum absolute atomic E-state index is 6.55. The lowest BCUT2D eigenvalue weighted by Crippen LogP contribution is -2.41. The molecule has 0 saturated carbocycles. The molecular formula is C30H36B2O5. The van der Waals surface area contributed by atoms with Crippen molar-refractivity contribution in [1.82, 2.24) is 0 Å². The first-order valence-corrected chi connectivity index (χ1v) is 13.3. The first kappa shape index (κ1) is 25.0. The van der Waals surface area contributed by atoms with Gasteiger partial charge in [-0.15, -0.1) is 0 Å². The van der Waals surface area contributed by atoms with Crippen molar-refractivity contribution in [2.75, 3.05) is 0 Å². The first-order valence-electron chi connectivity index (χ1n) is 13.3. The van der Waals surface area contributed by atoms with E-state index < -0.39 is 7.12 Å². The van der Waals surface area contributed by atoms with Crippen molar-refractivity contribution in [2.24, 2.45) is 0 Å². The summed E-state index contributed by atoms with van der Waals surface area (Å²) >= 11 is 0. The molecule has 1 unspecified atom stereocenters. The van der Waals surface area contributed by atoms with Crippen molar-refractivity contribution in [3.63, 3.8) is 0 Å². The van der Waals surface area contributed by atoms with Crippen LogP contribution in [-0.4, -0.2) is 36.6 Å². The minimum atomic E-state index is -0.395. The normalized spacial score (nSPS) is 24.6. The third-order valence-corrected chi connectivity index (χ3v) is 9.25. The van der Waals surface area contributed by atoms with Crippen molar-refractivity contribution >= 4 is 35.9 Å². The molecule has 2 fully saturated rings. The fraction of sp³-hybridized carbons (Fsp3) is 0.467. The van der Waals surface area contributed by atoms with Gasteiger partial charge in [-0.1, -0.05) is 49.4 Å². The summed E-state index contributed by atoms with van der Waals surface area (Å²) in [5.74, 6) is 1.97. The SMILES string of the molecule is CC1c2cc(B3OC(C)(C)C(C)(C)O3)ccc2Oc2c1ccc1cc(B3OC(C)(C)C(C)(C)O3)ccc21. The smallest absolute Gasteiger partial charge is 0.456 e. The Morgan fingerprint density at radius 2 is 1.11 bits per heavy atom. The van der Waals surface area contributed by atoms with Gasteiger partial charge in [0.15, 0.2) is 0 Å². The Bertz CT molecular complexity index is 1380. The van der Waals surface area contributed by atoms with E-state index in [0.29, 0.717) is 0 Å². The van der Waals surface area contributed by atoms with E-state index in [-0.39, 0.29) is 35.4 Å². The molecule has 0 spiro atoms. The van der Waals surface area contributed by atoms with E-state index >= 15 is 0 Å². The Kier molecular flexibility index (Phi) is 5.31. The van der Waals surface area contributed by atoms with Gasteiger partial charge in [0.2, 0.25) is 0 Å².